The Balaban J connectivity index is 1.43. The van der Waals surface area contributed by atoms with Crippen molar-refractivity contribution in [1.29, 1.82) is 0 Å². The number of benzene rings is 2. The number of methoxy groups -OCH3 is 1. The number of aromatic nitrogens is 2. The lowest BCUT2D eigenvalue weighted by Crippen LogP contribution is -2.33. The van der Waals surface area contributed by atoms with Gasteiger partial charge < -0.3 is 10.1 Å². The minimum Gasteiger partial charge on any atom is -0.385 e. The number of carbonyl (C=O) groups is 1. The van der Waals surface area contributed by atoms with Crippen LogP contribution in [0.15, 0.2) is 64.5 Å². The van der Waals surface area contributed by atoms with E-state index in [4.69, 9.17) is 4.74 Å². The Hall–Kier alpha value is -2.64. The summed E-state index contributed by atoms with van der Waals surface area (Å²) in [6, 6.07) is 17.7. The van der Waals surface area contributed by atoms with E-state index < -0.39 is 0 Å². The average molecular weight is 438 g/mol. The lowest BCUT2D eigenvalue weighted by atomic mass is 9.96. The minimum atomic E-state index is -0.0781. The molecular weight excluding hydrogens is 410 g/mol. The first-order valence-electron chi connectivity index (χ1n) is 10.6. The second kappa shape index (κ2) is 9.66. The van der Waals surface area contributed by atoms with E-state index in [-0.39, 0.29) is 22.6 Å². The molecule has 1 heterocycles. The highest BCUT2D eigenvalue weighted by atomic mass is 32.2. The maximum absolute atomic E-state index is 13.0. The zero-order valence-corrected chi connectivity index (χ0v) is 18.5. The number of fused-ring (bicyclic) bond motifs is 1. The third-order valence-corrected chi connectivity index (χ3v) is 6.73. The van der Waals surface area contributed by atoms with Crippen molar-refractivity contribution in [2.45, 2.75) is 36.4 Å². The number of nitrogens with zero attached hydrogens (tertiary/aromatic N) is 2. The number of rotatable bonds is 10. The molecule has 0 bridgehead atoms. The molecule has 0 atom stereocenters. The minimum absolute atomic E-state index is 0.0435. The fraction of sp³-hybridized carbons (Fsp3) is 0.375. The van der Waals surface area contributed by atoms with E-state index in [2.05, 4.69) is 22.4 Å². The van der Waals surface area contributed by atoms with E-state index >= 15 is 0 Å². The number of amides is 1. The Kier molecular flexibility index (Phi) is 6.73. The molecule has 1 aliphatic rings. The molecule has 6 nitrogen and oxygen atoms in total. The first-order valence-corrected chi connectivity index (χ1v) is 11.6. The molecule has 0 saturated heterocycles. The van der Waals surface area contributed by atoms with E-state index in [1.807, 2.05) is 36.4 Å². The van der Waals surface area contributed by atoms with Gasteiger partial charge in [0.2, 0.25) is 5.91 Å². The SMILES string of the molecule is COCCCn1c(SCC(=O)NCC2(c3ccccc3)CC2)nc2ccccc2c1=O. The second-order valence-electron chi connectivity index (χ2n) is 7.93. The van der Waals surface area contributed by atoms with Gasteiger partial charge in [-0.2, -0.15) is 0 Å². The largest absolute Gasteiger partial charge is 0.385 e. The number of thioether (sulfide) groups is 1. The van der Waals surface area contributed by atoms with Crippen LogP contribution in [-0.4, -0.2) is 41.5 Å². The van der Waals surface area contributed by atoms with Crippen LogP contribution < -0.4 is 10.9 Å². The quantitative estimate of drug-likeness (QED) is 0.299. The molecule has 1 amide bonds. The van der Waals surface area contributed by atoms with E-state index in [0.717, 1.165) is 12.8 Å². The number of hydrogen-bond acceptors (Lipinski definition) is 5. The maximum Gasteiger partial charge on any atom is 0.262 e. The van der Waals surface area contributed by atoms with Gasteiger partial charge in [0.1, 0.15) is 0 Å². The van der Waals surface area contributed by atoms with Crippen LogP contribution in [0.4, 0.5) is 0 Å². The Morgan fingerprint density at radius 3 is 2.65 bits per heavy atom. The van der Waals surface area contributed by atoms with Gasteiger partial charge in [-0.3, -0.25) is 14.2 Å². The lowest BCUT2D eigenvalue weighted by molar-refractivity contribution is -0.118. The van der Waals surface area contributed by atoms with Gasteiger partial charge in [0.25, 0.3) is 5.56 Å². The van der Waals surface area contributed by atoms with Gasteiger partial charge in [0.05, 0.1) is 16.7 Å². The molecule has 1 fully saturated rings. The standard InChI is InChI=1S/C24H27N3O3S/c1-30-15-7-14-27-22(29)19-10-5-6-11-20(19)26-23(27)31-16-21(28)25-17-24(12-13-24)18-8-3-2-4-9-18/h2-6,8-11H,7,12-17H2,1H3,(H,25,28). The molecule has 1 aromatic heterocycles. The summed E-state index contributed by atoms with van der Waals surface area (Å²) in [6.45, 7) is 1.71. The van der Waals surface area contributed by atoms with Gasteiger partial charge in [-0.1, -0.05) is 54.2 Å². The highest BCUT2D eigenvalue weighted by Gasteiger charge is 2.44. The summed E-state index contributed by atoms with van der Waals surface area (Å²) in [5.41, 5.74) is 1.93. The molecule has 31 heavy (non-hydrogen) atoms. The normalized spacial score (nSPS) is 14.5. The van der Waals surface area contributed by atoms with Gasteiger partial charge >= 0.3 is 0 Å². The molecule has 1 aliphatic carbocycles. The van der Waals surface area contributed by atoms with Crippen LogP contribution in [-0.2, 0) is 21.5 Å². The first kappa shape index (κ1) is 21.6. The molecule has 4 rings (SSSR count). The molecule has 0 radical (unpaired) electrons. The van der Waals surface area contributed by atoms with E-state index in [1.54, 1.807) is 17.7 Å². The summed E-state index contributed by atoms with van der Waals surface area (Å²) in [4.78, 5) is 30.2. The number of para-hydroxylation sites is 1. The average Bonchev–Trinajstić information content (AvgIpc) is 3.60. The number of hydrogen-bond donors (Lipinski definition) is 1. The second-order valence-corrected chi connectivity index (χ2v) is 8.87. The van der Waals surface area contributed by atoms with Crippen LogP contribution in [0.3, 0.4) is 0 Å². The van der Waals surface area contributed by atoms with Crippen molar-refractivity contribution in [2.75, 3.05) is 26.0 Å². The molecule has 0 aliphatic heterocycles. The summed E-state index contributed by atoms with van der Waals surface area (Å²) in [6.07, 6.45) is 2.89. The van der Waals surface area contributed by atoms with Crippen molar-refractivity contribution in [3.63, 3.8) is 0 Å². The summed E-state index contributed by atoms with van der Waals surface area (Å²) < 4.78 is 6.79. The van der Waals surface area contributed by atoms with E-state index in [1.165, 1.54) is 17.3 Å². The fourth-order valence-corrected chi connectivity index (χ4v) is 4.64. The van der Waals surface area contributed by atoms with Crippen molar-refractivity contribution in [1.82, 2.24) is 14.9 Å². The van der Waals surface area contributed by atoms with Gasteiger partial charge in [-0.15, -0.1) is 0 Å². The van der Waals surface area contributed by atoms with Crippen molar-refractivity contribution >= 4 is 28.6 Å². The summed E-state index contributed by atoms with van der Waals surface area (Å²) in [7, 11) is 1.64. The number of nitrogens with one attached hydrogen (secondary N) is 1. The van der Waals surface area contributed by atoms with Crippen LogP contribution in [0, 0.1) is 0 Å². The molecule has 7 heteroatoms. The van der Waals surface area contributed by atoms with Crippen molar-refractivity contribution in [2.24, 2.45) is 0 Å². The van der Waals surface area contributed by atoms with Crippen LogP contribution in [0.5, 0.6) is 0 Å². The molecule has 1 N–H and O–H groups in total. The lowest BCUT2D eigenvalue weighted by Gasteiger charge is -2.17. The fourth-order valence-electron chi connectivity index (χ4n) is 3.78. The summed E-state index contributed by atoms with van der Waals surface area (Å²) >= 11 is 1.31. The molecule has 3 aromatic rings. The monoisotopic (exact) mass is 437 g/mol. The molecule has 0 spiro atoms. The Morgan fingerprint density at radius 1 is 1.16 bits per heavy atom. The van der Waals surface area contributed by atoms with Crippen LogP contribution in [0.1, 0.15) is 24.8 Å². The van der Waals surface area contributed by atoms with Crippen molar-refractivity contribution in [3.8, 4) is 0 Å². The highest BCUT2D eigenvalue weighted by molar-refractivity contribution is 7.99. The predicted octanol–water partition coefficient (Wildman–Crippen LogP) is 3.37. The smallest absolute Gasteiger partial charge is 0.262 e. The van der Waals surface area contributed by atoms with Gasteiger partial charge in [-0.05, 0) is 37.0 Å². The van der Waals surface area contributed by atoms with Crippen molar-refractivity contribution < 1.29 is 9.53 Å². The zero-order chi connectivity index (χ0) is 21.7. The van der Waals surface area contributed by atoms with Crippen LogP contribution >= 0.6 is 11.8 Å². The molecule has 0 unspecified atom stereocenters. The molecule has 2 aromatic carbocycles. The summed E-state index contributed by atoms with van der Waals surface area (Å²) in [5, 5.41) is 4.24. The topological polar surface area (TPSA) is 73.2 Å². The molecule has 1 saturated carbocycles. The maximum atomic E-state index is 13.0. The predicted molar refractivity (Wildman–Crippen MR) is 124 cm³/mol. The third kappa shape index (κ3) is 4.99. The van der Waals surface area contributed by atoms with E-state index in [0.29, 0.717) is 42.2 Å². The van der Waals surface area contributed by atoms with Crippen LogP contribution in [0.25, 0.3) is 10.9 Å². The highest BCUT2D eigenvalue weighted by Crippen LogP contribution is 2.47. The van der Waals surface area contributed by atoms with Crippen LogP contribution in [0.2, 0.25) is 0 Å². The van der Waals surface area contributed by atoms with Gasteiger partial charge in [0.15, 0.2) is 5.16 Å². The third-order valence-electron chi connectivity index (χ3n) is 5.75. The number of ether oxygens (including phenoxy) is 1. The zero-order valence-electron chi connectivity index (χ0n) is 17.7. The van der Waals surface area contributed by atoms with E-state index in [9.17, 15) is 9.59 Å². The number of carbonyl (C=O) groups excluding carboxylic acids is 1. The Labute approximate surface area is 186 Å². The molecule has 162 valence electrons. The van der Waals surface area contributed by atoms with Crippen molar-refractivity contribution in [3.05, 3.63) is 70.5 Å². The Bertz CT molecular complexity index is 1110. The van der Waals surface area contributed by atoms with Gasteiger partial charge in [0, 0.05) is 32.2 Å². The van der Waals surface area contributed by atoms with Gasteiger partial charge in [-0.25, -0.2) is 4.98 Å². The Morgan fingerprint density at radius 2 is 1.90 bits per heavy atom. The molecular formula is C24H27N3O3S. The first-order chi connectivity index (χ1) is 15.1. The summed E-state index contributed by atoms with van der Waals surface area (Å²) in [5.74, 6) is 0.179.